The number of nitro benzene ring substituents is 2. The number of nitrogens with one attached hydrogen (secondary N) is 1. The van der Waals surface area contributed by atoms with Crippen molar-refractivity contribution in [3.8, 4) is 0 Å². The summed E-state index contributed by atoms with van der Waals surface area (Å²) >= 11 is 1.27. The van der Waals surface area contributed by atoms with E-state index in [4.69, 9.17) is 9.47 Å². The highest BCUT2D eigenvalue weighted by atomic mass is 32.2. The normalized spacial score (nSPS) is 18.3. The largest absolute Gasteiger partial charge is 0.456 e. The van der Waals surface area contributed by atoms with Gasteiger partial charge in [0.25, 0.3) is 11.4 Å². The van der Waals surface area contributed by atoms with Gasteiger partial charge in [-0.2, -0.15) is 0 Å². The van der Waals surface area contributed by atoms with Crippen LogP contribution in [-0.2, 0) is 32.3 Å². The van der Waals surface area contributed by atoms with Crippen LogP contribution in [0.3, 0.4) is 0 Å². The maximum atomic E-state index is 13.1. The molecule has 0 aromatic heterocycles. The Morgan fingerprint density at radius 1 is 1.02 bits per heavy atom. The second kappa shape index (κ2) is 12.8. The number of fused-ring (bicyclic) bond motifs is 1. The molecule has 4 rings (SSSR count). The average molecular weight is 587 g/mol. The van der Waals surface area contributed by atoms with Crippen LogP contribution in [0.2, 0.25) is 0 Å². The molecule has 2 heterocycles. The van der Waals surface area contributed by atoms with Gasteiger partial charge in [0.15, 0.2) is 0 Å². The molecule has 1 fully saturated rings. The lowest BCUT2D eigenvalue weighted by Gasteiger charge is -2.44. The maximum absolute atomic E-state index is 13.1. The summed E-state index contributed by atoms with van der Waals surface area (Å²) in [6.07, 6.45) is -1.24. The van der Waals surface area contributed by atoms with Crippen LogP contribution < -0.4 is 5.32 Å². The third kappa shape index (κ3) is 6.81. The number of non-ortho nitro benzene ring substituents is 2. The van der Waals surface area contributed by atoms with Gasteiger partial charge >= 0.3 is 12.1 Å². The quantitative estimate of drug-likeness (QED) is 0.122. The van der Waals surface area contributed by atoms with Gasteiger partial charge in [0.05, 0.1) is 27.9 Å². The fourth-order valence-corrected chi connectivity index (χ4v) is 5.58. The number of hydrogen-bond donors (Lipinski definition) is 2. The van der Waals surface area contributed by atoms with E-state index in [-0.39, 0.29) is 48.8 Å². The van der Waals surface area contributed by atoms with Crippen molar-refractivity contribution in [3.63, 3.8) is 0 Å². The predicted molar refractivity (Wildman–Crippen MR) is 144 cm³/mol. The highest BCUT2D eigenvalue weighted by Gasteiger charge is 2.57. The SMILES string of the molecule is C[C@@H](O)[C@H]1C(=O)N2C(C(=O)OCc3ccc([N+](=O)[O-])cc3)=C(SCCNC(=O)OCc3ccc([N+](=O)[O-])cc3)C[C@@H]12. The van der Waals surface area contributed by atoms with Gasteiger partial charge in [-0.1, -0.05) is 0 Å². The number of amides is 2. The Hall–Kier alpha value is -4.50. The molecule has 41 heavy (non-hydrogen) atoms. The Kier molecular flexibility index (Phi) is 9.19. The molecule has 15 heteroatoms. The first-order valence-corrected chi connectivity index (χ1v) is 13.5. The number of carbonyl (C=O) groups is 3. The first-order valence-electron chi connectivity index (χ1n) is 12.5. The zero-order chi connectivity index (χ0) is 29.7. The average Bonchev–Trinajstić information content (AvgIpc) is 3.27. The zero-order valence-corrected chi connectivity index (χ0v) is 22.6. The van der Waals surface area contributed by atoms with Crippen LogP contribution in [0.15, 0.2) is 59.1 Å². The predicted octanol–water partition coefficient (Wildman–Crippen LogP) is 3.03. The summed E-state index contributed by atoms with van der Waals surface area (Å²) in [5, 5.41) is 34.2. The van der Waals surface area contributed by atoms with Crippen molar-refractivity contribution in [2.75, 3.05) is 12.3 Å². The number of hydrogen-bond acceptors (Lipinski definition) is 11. The number of carbonyl (C=O) groups excluding carboxylic acids is 3. The van der Waals surface area contributed by atoms with E-state index in [1.54, 1.807) is 0 Å². The van der Waals surface area contributed by atoms with Crippen LogP contribution in [0, 0.1) is 26.1 Å². The number of ether oxygens (including phenoxy) is 2. The third-order valence-electron chi connectivity index (χ3n) is 6.56. The van der Waals surface area contributed by atoms with E-state index in [0.29, 0.717) is 28.2 Å². The molecule has 2 aliphatic heterocycles. The summed E-state index contributed by atoms with van der Waals surface area (Å²) in [4.78, 5) is 60.3. The first kappa shape index (κ1) is 29.5. The molecule has 2 aromatic rings. The van der Waals surface area contributed by atoms with Crippen LogP contribution >= 0.6 is 11.8 Å². The lowest BCUT2D eigenvalue weighted by atomic mass is 9.83. The summed E-state index contributed by atoms with van der Waals surface area (Å²) in [6, 6.07) is 10.8. The lowest BCUT2D eigenvalue weighted by Crippen LogP contribution is -2.61. The Bertz CT molecular complexity index is 1380. The van der Waals surface area contributed by atoms with Gasteiger partial charge in [-0.25, -0.2) is 9.59 Å². The van der Waals surface area contributed by atoms with E-state index in [9.17, 15) is 39.7 Å². The molecule has 2 aliphatic rings. The summed E-state index contributed by atoms with van der Waals surface area (Å²) < 4.78 is 10.5. The number of nitrogens with zero attached hydrogens (tertiary/aromatic N) is 3. The van der Waals surface area contributed by atoms with Crippen molar-refractivity contribution in [2.45, 2.75) is 38.7 Å². The standard InChI is InChI=1S/C26H26N4O10S/c1-15(31)22-20-12-21(41-11-10-27-26(34)40-14-17-4-8-19(9-5-17)30(37)38)23(28(20)24(22)32)25(33)39-13-16-2-6-18(7-3-16)29(35)36/h2-9,15,20,22,31H,10-14H2,1H3,(H,27,34)/t15-,20+,22-/m1/s1. The van der Waals surface area contributed by atoms with Crippen molar-refractivity contribution in [3.05, 3.63) is 90.5 Å². The molecular weight excluding hydrogens is 560 g/mol. The van der Waals surface area contributed by atoms with Crippen LogP contribution in [0.5, 0.6) is 0 Å². The van der Waals surface area contributed by atoms with Crippen molar-refractivity contribution in [1.29, 1.82) is 0 Å². The first-order chi connectivity index (χ1) is 19.6. The molecule has 14 nitrogen and oxygen atoms in total. The van der Waals surface area contributed by atoms with Crippen molar-refractivity contribution >= 4 is 41.1 Å². The van der Waals surface area contributed by atoms with E-state index in [0.717, 1.165) is 0 Å². The molecule has 0 unspecified atom stereocenters. The van der Waals surface area contributed by atoms with E-state index in [1.165, 1.54) is 72.1 Å². The minimum absolute atomic E-state index is 0.0720. The smallest absolute Gasteiger partial charge is 0.407 e. The number of nitro groups is 2. The number of benzene rings is 2. The highest BCUT2D eigenvalue weighted by molar-refractivity contribution is 8.03. The molecule has 216 valence electrons. The Labute approximate surface area is 237 Å². The molecule has 2 amide bonds. The van der Waals surface area contributed by atoms with Crippen molar-refractivity contribution < 1.29 is 38.8 Å². The molecule has 0 spiro atoms. The second-order valence-corrected chi connectivity index (χ2v) is 10.5. The number of aliphatic hydroxyl groups is 1. The fraction of sp³-hybridized carbons (Fsp3) is 0.346. The lowest BCUT2D eigenvalue weighted by molar-refractivity contribution is -0.385. The van der Waals surface area contributed by atoms with E-state index >= 15 is 0 Å². The van der Waals surface area contributed by atoms with Gasteiger partial charge in [-0.05, 0) is 42.3 Å². The highest BCUT2D eigenvalue weighted by Crippen LogP contribution is 2.47. The van der Waals surface area contributed by atoms with Crippen LogP contribution in [0.25, 0.3) is 0 Å². The molecule has 3 atom stereocenters. The Balaban J connectivity index is 1.32. The van der Waals surface area contributed by atoms with Crippen molar-refractivity contribution in [1.82, 2.24) is 10.2 Å². The van der Waals surface area contributed by atoms with E-state index < -0.39 is 33.9 Å². The molecule has 0 saturated carbocycles. The second-order valence-electron chi connectivity index (χ2n) is 9.29. The van der Waals surface area contributed by atoms with Gasteiger partial charge in [0.1, 0.15) is 18.9 Å². The van der Waals surface area contributed by atoms with Gasteiger partial charge in [-0.15, -0.1) is 11.8 Å². The third-order valence-corrected chi connectivity index (χ3v) is 7.68. The van der Waals surface area contributed by atoms with E-state index in [1.807, 2.05) is 0 Å². The molecule has 2 N–H and O–H groups in total. The number of β-lactam (4-membered cyclic amide) rings is 1. The van der Waals surface area contributed by atoms with Crippen LogP contribution in [0.1, 0.15) is 24.5 Å². The van der Waals surface area contributed by atoms with Gasteiger partial charge in [0, 0.05) is 47.9 Å². The number of esters is 1. The molecule has 1 saturated heterocycles. The summed E-state index contributed by atoms with van der Waals surface area (Å²) in [7, 11) is 0. The zero-order valence-electron chi connectivity index (χ0n) is 21.8. The van der Waals surface area contributed by atoms with Gasteiger partial charge in [0.2, 0.25) is 5.91 Å². The Morgan fingerprint density at radius 3 is 2.07 bits per heavy atom. The topological polar surface area (TPSA) is 191 Å². The van der Waals surface area contributed by atoms with Crippen LogP contribution in [0.4, 0.5) is 16.2 Å². The summed E-state index contributed by atoms with van der Waals surface area (Å²) in [5.74, 6) is -1.41. The minimum atomic E-state index is -0.891. The molecular formula is C26H26N4O10S. The monoisotopic (exact) mass is 586 g/mol. The van der Waals surface area contributed by atoms with Gasteiger partial charge < -0.3 is 24.8 Å². The number of thioether (sulfide) groups is 1. The summed E-state index contributed by atoms with van der Waals surface area (Å²) in [6.45, 7) is 1.46. The number of rotatable bonds is 12. The fourth-order valence-electron chi connectivity index (χ4n) is 4.52. The minimum Gasteiger partial charge on any atom is -0.456 e. The van der Waals surface area contributed by atoms with Crippen molar-refractivity contribution in [2.24, 2.45) is 5.92 Å². The number of alkyl carbamates (subject to hydrolysis) is 1. The molecule has 0 aliphatic carbocycles. The molecule has 0 bridgehead atoms. The van der Waals surface area contributed by atoms with E-state index in [2.05, 4.69) is 5.32 Å². The molecule has 0 radical (unpaired) electrons. The molecule has 2 aromatic carbocycles. The summed E-state index contributed by atoms with van der Waals surface area (Å²) in [5.41, 5.74) is 1.03. The van der Waals surface area contributed by atoms with Crippen LogP contribution in [-0.4, -0.2) is 62.3 Å². The number of aliphatic hydroxyl groups excluding tert-OH is 1. The Morgan fingerprint density at radius 2 is 1.56 bits per heavy atom. The maximum Gasteiger partial charge on any atom is 0.407 e. The van der Waals surface area contributed by atoms with Gasteiger partial charge in [-0.3, -0.25) is 25.0 Å².